The van der Waals surface area contributed by atoms with Gasteiger partial charge in [-0.05, 0) is 37.6 Å². The Kier molecular flexibility index (Phi) is 5.65. The maximum atomic E-state index is 12.1. The second-order valence-electron chi connectivity index (χ2n) is 3.89. The van der Waals surface area contributed by atoms with E-state index < -0.39 is 0 Å². The lowest BCUT2D eigenvalue weighted by Gasteiger charge is -2.17. The zero-order valence-electron chi connectivity index (χ0n) is 10.5. The second kappa shape index (κ2) is 6.77. The number of rotatable bonds is 5. The Labute approximate surface area is 111 Å². The highest BCUT2D eigenvalue weighted by Gasteiger charge is 2.11. The summed E-state index contributed by atoms with van der Waals surface area (Å²) in [6.45, 7) is 5.79. The quantitative estimate of drug-likeness (QED) is 0.783. The van der Waals surface area contributed by atoms with Gasteiger partial charge in [-0.1, -0.05) is 15.9 Å². The monoisotopic (exact) mass is 299 g/mol. The van der Waals surface area contributed by atoms with Crippen LogP contribution in [0.4, 0.5) is 0 Å². The Morgan fingerprint density at radius 2 is 2.18 bits per heavy atom. The van der Waals surface area contributed by atoms with Crippen molar-refractivity contribution in [2.75, 3.05) is 26.8 Å². The SMILES string of the molecule is CCOCCN(C)C(=O)c1ccc(Br)c(C)c1. The van der Waals surface area contributed by atoms with Gasteiger partial charge >= 0.3 is 0 Å². The standard InChI is InChI=1S/C13H18BrNO2/c1-4-17-8-7-15(3)13(16)11-5-6-12(14)10(2)9-11/h5-6,9H,4,7-8H2,1-3H3. The first-order valence-corrected chi connectivity index (χ1v) is 6.45. The van der Waals surface area contributed by atoms with Gasteiger partial charge in [0.25, 0.3) is 5.91 Å². The van der Waals surface area contributed by atoms with Crippen molar-refractivity contribution in [2.45, 2.75) is 13.8 Å². The van der Waals surface area contributed by atoms with E-state index in [9.17, 15) is 4.79 Å². The molecule has 0 N–H and O–H groups in total. The first-order chi connectivity index (χ1) is 8.06. The highest BCUT2D eigenvalue weighted by atomic mass is 79.9. The smallest absolute Gasteiger partial charge is 0.253 e. The largest absolute Gasteiger partial charge is 0.380 e. The van der Waals surface area contributed by atoms with Gasteiger partial charge in [-0.2, -0.15) is 0 Å². The van der Waals surface area contributed by atoms with Gasteiger partial charge in [0.15, 0.2) is 0 Å². The molecule has 1 aromatic carbocycles. The predicted octanol–water partition coefficient (Wildman–Crippen LogP) is 2.87. The Morgan fingerprint density at radius 3 is 2.76 bits per heavy atom. The Hall–Kier alpha value is -0.870. The third kappa shape index (κ3) is 4.13. The summed E-state index contributed by atoms with van der Waals surface area (Å²) < 4.78 is 6.25. The summed E-state index contributed by atoms with van der Waals surface area (Å²) in [4.78, 5) is 13.7. The Bertz CT molecular complexity index is 393. The number of carbonyl (C=O) groups is 1. The van der Waals surface area contributed by atoms with E-state index in [0.717, 1.165) is 10.0 Å². The van der Waals surface area contributed by atoms with Gasteiger partial charge in [-0.15, -0.1) is 0 Å². The Balaban J connectivity index is 2.65. The lowest BCUT2D eigenvalue weighted by atomic mass is 10.1. The average molecular weight is 300 g/mol. The van der Waals surface area contributed by atoms with E-state index in [4.69, 9.17) is 4.74 Å². The van der Waals surface area contributed by atoms with Crippen LogP contribution in [0.5, 0.6) is 0 Å². The number of halogens is 1. The summed E-state index contributed by atoms with van der Waals surface area (Å²) in [5.41, 5.74) is 1.78. The van der Waals surface area contributed by atoms with Crippen molar-refractivity contribution in [3.05, 3.63) is 33.8 Å². The van der Waals surface area contributed by atoms with E-state index in [1.54, 1.807) is 11.9 Å². The molecule has 0 aliphatic heterocycles. The van der Waals surface area contributed by atoms with Crippen LogP contribution < -0.4 is 0 Å². The molecule has 0 aliphatic rings. The number of benzene rings is 1. The number of likely N-dealkylation sites (N-methyl/N-ethyl adjacent to an activating group) is 1. The molecule has 0 bridgehead atoms. The van der Waals surface area contributed by atoms with Crippen molar-refractivity contribution >= 4 is 21.8 Å². The molecule has 0 saturated carbocycles. The molecule has 0 spiro atoms. The highest BCUT2D eigenvalue weighted by molar-refractivity contribution is 9.10. The van der Waals surface area contributed by atoms with Crippen molar-refractivity contribution in [1.29, 1.82) is 0 Å². The molecule has 0 radical (unpaired) electrons. The van der Waals surface area contributed by atoms with Gasteiger partial charge in [0.1, 0.15) is 0 Å². The normalized spacial score (nSPS) is 10.4. The maximum Gasteiger partial charge on any atom is 0.253 e. The number of aryl methyl sites for hydroxylation is 1. The fourth-order valence-electron chi connectivity index (χ4n) is 1.45. The summed E-state index contributed by atoms with van der Waals surface area (Å²) in [6, 6.07) is 5.62. The van der Waals surface area contributed by atoms with E-state index in [1.165, 1.54) is 0 Å². The van der Waals surface area contributed by atoms with Crippen LogP contribution in [0.1, 0.15) is 22.8 Å². The van der Waals surface area contributed by atoms with Crippen molar-refractivity contribution in [3.8, 4) is 0 Å². The summed E-state index contributed by atoms with van der Waals surface area (Å²) in [7, 11) is 1.79. The number of nitrogens with zero attached hydrogens (tertiary/aromatic N) is 1. The zero-order chi connectivity index (χ0) is 12.8. The van der Waals surface area contributed by atoms with E-state index in [0.29, 0.717) is 25.3 Å². The van der Waals surface area contributed by atoms with Gasteiger partial charge < -0.3 is 9.64 Å². The van der Waals surface area contributed by atoms with Crippen LogP contribution in [0, 0.1) is 6.92 Å². The molecule has 0 unspecified atom stereocenters. The number of hydrogen-bond acceptors (Lipinski definition) is 2. The van der Waals surface area contributed by atoms with Gasteiger partial charge in [0, 0.05) is 30.2 Å². The molecule has 1 aromatic rings. The van der Waals surface area contributed by atoms with Crippen molar-refractivity contribution in [3.63, 3.8) is 0 Å². The first kappa shape index (κ1) is 14.2. The van der Waals surface area contributed by atoms with Crippen LogP contribution in [0.3, 0.4) is 0 Å². The van der Waals surface area contributed by atoms with Gasteiger partial charge in [0.05, 0.1) is 6.61 Å². The number of amides is 1. The van der Waals surface area contributed by atoms with Crippen LogP contribution in [-0.4, -0.2) is 37.6 Å². The van der Waals surface area contributed by atoms with E-state index in [2.05, 4.69) is 15.9 Å². The molecule has 0 aliphatic carbocycles. The van der Waals surface area contributed by atoms with Crippen molar-refractivity contribution in [2.24, 2.45) is 0 Å². The number of ether oxygens (including phenoxy) is 1. The summed E-state index contributed by atoms with van der Waals surface area (Å²) >= 11 is 3.42. The van der Waals surface area contributed by atoms with Crippen LogP contribution in [0.2, 0.25) is 0 Å². The molecule has 1 rings (SSSR count). The van der Waals surface area contributed by atoms with E-state index >= 15 is 0 Å². The Morgan fingerprint density at radius 1 is 1.47 bits per heavy atom. The molecule has 0 atom stereocenters. The highest BCUT2D eigenvalue weighted by Crippen LogP contribution is 2.17. The van der Waals surface area contributed by atoms with E-state index in [1.807, 2.05) is 32.0 Å². The third-order valence-corrected chi connectivity index (χ3v) is 3.42. The summed E-state index contributed by atoms with van der Waals surface area (Å²) in [6.07, 6.45) is 0. The lowest BCUT2D eigenvalue weighted by Crippen LogP contribution is -2.30. The zero-order valence-corrected chi connectivity index (χ0v) is 12.1. The molecule has 3 nitrogen and oxygen atoms in total. The van der Waals surface area contributed by atoms with Crippen molar-refractivity contribution < 1.29 is 9.53 Å². The fraction of sp³-hybridized carbons (Fsp3) is 0.462. The van der Waals surface area contributed by atoms with Crippen LogP contribution >= 0.6 is 15.9 Å². The fourth-order valence-corrected chi connectivity index (χ4v) is 1.69. The van der Waals surface area contributed by atoms with Gasteiger partial charge in [-0.3, -0.25) is 4.79 Å². The number of carbonyl (C=O) groups excluding carboxylic acids is 1. The molecule has 4 heteroatoms. The molecule has 17 heavy (non-hydrogen) atoms. The van der Waals surface area contributed by atoms with Crippen LogP contribution in [0.25, 0.3) is 0 Å². The third-order valence-electron chi connectivity index (χ3n) is 2.53. The molecule has 94 valence electrons. The molecular formula is C13H18BrNO2. The topological polar surface area (TPSA) is 29.5 Å². The molecule has 0 aromatic heterocycles. The molecule has 1 amide bonds. The molecule has 0 saturated heterocycles. The van der Waals surface area contributed by atoms with Crippen LogP contribution in [0.15, 0.2) is 22.7 Å². The maximum absolute atomic E-state index is 12.1. The molecule has 0 fully saturated rings. The van der Waals surface area contributed by atoms with E-state index in [-0.39, 0.29) is 5.91 Å². The number of hydrogen-bond donors (Lipinski definition) is 0. The predicted molar refractivity (Wildman–Crippen MR) is 72.3 cm³/mol. The second-order valence-corrected chi connectivity index (χ2v) is 4.74. The minimum absolute atomic E-state index is 0.0281. The lowest BCUT2D eigenvalue weighted by molar-refractivity contribution is 0.0710. The van der Waals surface area contributed by atoms with Gasteiger partial charge in [0.2, 0.25) is 0 Å². The first-order valence-electron chi connectivity index (χ1n) is 5.65. The van der Waals surface area contributed by atoms with Crippen molar-refractivity contribution in [1.82, 2.24) is 4.90 Å². The van der Waals surface area contributed by atoms with Crippen LogP contribution in [-0.2, 0) is 4.74 Å². The minimum Gasteiger partial charge on any atom is -0.380 e. The molecule has 0 heterocycles. The average Bonchev–Trinajstić information content (AvgIpc) is 2.32. The molecular weight excluding hydrogens is 282 g/mol. The summed E-state index contributed by atoms with van der Waals surface area (Å²) in [5, 5.41) is 0. The minimum atomic E-state index is 0.0281. The van der Waals surface area contributed by atoms with Gasteiger partial charge in [-0.25, -0.2) is 0 Å². The summed E-state index contributed by atoms with van der Waals surface area (Å²) in [5.74, 6) is 0.0281.